The number of anilines is 1. The van der Waals surface area contributed by atoms with Crippen molar-refractivity contribution in [2.75, 3.05) is 5.73 Å². The van der Waals surface area contributed by atoms with Crippen LogP contribution < -0.4 is 5.73 Å². The van der Waals surface area contributed by atoms with Crippen molar-refractivity contribution in [3.05, 3.63) is 17.0 Å². The zero-order chi connectivity index (χ0) is 10.7. The fourth-order valence-electron chi connectivity index (χ4n) is 1.36. The first-order valence-electron chi connectivity index (χ1n) is 4.32. The molecule has 0 radical (unpaired) electrons. The van der Waals surface area contributed by atoms with Crippen molar-refractivity contribution in [2.45, 2.75) is 26.7 Å². The number of nitrogen functional groups attached to an aromatic ring is 1. The fourth-order valence-corrected chi connectivity index (χ4v) is 1.36. The highest BCUT2D eigenvalue weighted by atomic mass is 16.4. The van der Waals surface area contributed by atoms with E-state index in [4.69, 9.17) is 10.8 Å². The molecule has 0 saturated heterocycles. The fraction of sp³-hybridized carbons (Fsp3) is 0.444. The first kappa shape index (κ1) is 10.4. The van der Waals surface area contributed by atoms with Gasteiger partial charge in [-0.1, -0.05) is 0 Å². The second-order valence-electron chi connectivity index (χ2n) is 3.12. The van der Waals surface area contributed by atoms with Crippen LogP contribution in [0.15, 0.2) is 0 Å². The Morgan fingerprint density at radius 3 is 2.29 bits per heavy atom. The SMILES string of the molecule is Cc1nc(N)nc(C)c1CCC(=O)O. The highest BCUT2D eigenvalue weighted by Gasteiger charge is 2.08. The van der Waals surface area contributed by atoms with Crippen LogP contribution in [0.1, 0.15) is 23.4 Å². The van der Waals surface area contributed by atoms with Crippen LogP contribution >= 0.6 is 0 Å². The maximum Gasteiger partial charge on any atom is 0.303 e. The molecule has 0 spiro atoms. The van der Waals surface area contributed by atoms with Gasteiger partial charge in [0, 0.05) is 17.8 Å². The Balaban J connectivity index is 2.91. The molecule has 0 amide bonds. The Bertz CT molecular complexity index is 340. The summed E-state index contributed by atoms with van der Waals surface area (Å²) in [7, 11) is 0. The summed E-state index contributed by atoms with van der Waals surface area (Å²) in [5.74, 6) is -0.584. The molecule has 5 nitrogen and oxygen atoms in total. The Kier molecular flexibility index (Phi) is 3.01. The molecular formula is C9H13N3O2. The number of nitrogens with two attached hydrogens (primary N) is 1. The highest BCUT2D eigenvalue weighted by molar-refractivity contribution is 5.67. The second-order valence-corrected chi connectivity index (χ2v) is 3.12. The van der Waals surface area contributed by atoms with E-state index in [1.165, 1.54) is 0 Å². The van der Waals surface area contributed by atoms with E-state index < -0.39 is 5.97 Å². The summed E-state index contributed by atoms with van der Waals surface area (Å²) in [4.78, 5) is 18.4. The van der Waals surface area contributed by atoms with Gasteiger partial charge in [-0.15, -0.1) is 0 Å². The van der Waals surface area contributed by atoms with Gasteiger partial charge in [0.2, 0.25) is 5.95 Å². The summed E-state index contributed by atoms with van der Waals surface area (Å²) in [6.07, 6.45) is 0.544. The van der Waals surface area contributed by atoms with E-state index in [2.05, 4.69) is 9.97 Å². The number of carbonyl (C=O) groups is 1. The minimum Gasteiger partial charge on any atom is -0.481 e. The van der Waals surface area contributed by atoms with Gasteiger partial charge < -0.3 is 10.8 Å². The molecule has 1 aromatic heterocycles. The van der Waals surface area contributed by atoms with Crippen LogP contribution in [0.25, 0.3) is 0 Å². The first-order chi connectivity index (χ1) is 6.50. The molecule has 0 atom stereocenters. The number of hydrogen-bond donors (Lipinski definition) is 2. The third-order valence-corrected chi connectivity index (χ3v) is 2.03. The van der Waals surface area contributed by atoms with Gasteiger partial charge in [-0.2, -0.15) is 0 Å². The largest absolute Gasteiger partial charge is 0.481 e. The lowest BCUT2D eigenvalue weighted by Crippen LogP contribution is -2.07. The Morgan fingerprint density at radius 1 is 1.36 bits per heavy atom. The average Bonchev–Trinajstić information content (AvgIpc) is 2.01. The highest BCUT2D eigenvalue weighted by Crippen LogP contribution is 2.13. The molecule has 0 fully saturated rings. The predicted octanol–water partition coefficient (Wildman–Crippen LogP) is 0.693. The molecule has 3 N–H and O–H groups in total. The predicted molar refractivity (Wildman–Crippen MR) is 51.9 cm³/mol. The van der Waals surface area contributed by atoms with Crippen molar-refractivity contribution in [1.29, 1.82) is 0 Å². The molecule has 1 rings (SSSR count). The van der Waals surface area contributed by atoms with Crippen LogP contribution in [0.5, 0.6) is 0 Å². The van der Waals surface area contributed by atoms with Gasteiger partial charge in [-0.05, 0) is 25.8 Å². The van der Waals surface area contributed by atoms with Crippen LogP contribution in [-0.4, -0.2) is 21.0 Å². The van der Waals surface area contributed by atoms with Crippen LogP contribution in [0.2, 0.25) is 0 Å². The van der Waals surface area contributed by atoms with Gasteiger partial charge in [0.15, 0.2) is 0 Å². The number of carboxylic acid groups (broad SMARTS) is 1. The summed E-state index contributed by atoms with van der Waals surface area (Å²) >= 11 is 0. The van der Waals surface area contributed by atoms with Gasteiger partial charge in [0.1, 0.15) is 0 Å². The average molecular weight is 195 g/mol. The van der Waals surface area contributed by atoms with E-state index in [-0.39, 0.29) is 12.4 Å². The number of nitrogens with zero attached hydrogens (tertiary/aromatic N) is 2. The molecule has 0 saturated carbocycles. The zero-order valence-electron chi connectivity index (χ0n) is 8.24. The third-order valence-electron chi connectivity index (χ3n) is 2.03. The van der Waals surface area contributed by atoms with Crippen molar-refractivity contribution >= 4 is 11.9 Å². The van der Waals surface area contributed by atoms with Crippen molar-refractivity contribution in [3.8, 4) is 0 Å². The number of aryl methyl sites for hydroxylation is 2. The van der Waals surface area contributed by atoms with Crippen molar-refractivity contribution < 1.29 is 9.90 Å². The second kappa shape index (κ2) is 4.04. The Morgan fingerprint density at radius 2 is 1.86 bits per heavy atom. The van der Waals surface area contributed by atoms with E-state index in [9.17, 15) is 4.79 Å². The molecule has 1 aromatic rings. The van der Waals surface area contributed by atoms with Crippen LogP contribution in [0, 0.1) is 13.8 Å². The zero-order valence-corrected chi connectivity index (χ0v) is 8.24. The number of rotatable bonds is 3. The normalized spacial score (nSPS) is 10.1. The molecular weight excluding hydrogens is 182 g/mol. The summed E-state index contributed by atoms with van der Waals surface area (Å²) in [5, 5.41) is 8.55. The first-order valence-corrected chi connectivity index (χ1v) is 4.32. The molecule has 76 valence electrons. The maximum atomic E-state index is 10.4. The molecule has 0 aliphatic rings. The smallest absolute Gasteiger partial charge is 0.303 e. The molecule has 14 heavy (non-hydrogen) atoms. The van der Waals surface area contributed by atoms with Crippen LogP contribution in [-0.2, 0) is 11.2 Å². The lowest BCUT2D eigenvalue weighted by molar-refractivity contribution is -0.136. The summed E-state index contributed by atoms with van der Waals surface area (Å²) in [5.41, 5.74) is 7.84. The van der Waals surface area contributed by atoms with Gasteiger partial charge in [0.05, 0.1) is 0 Å². The lowest BCUT2D eigenvalue weighted by Gasteiger charge is -2.07. The maximum absolute atomic E-state index is 10.4. The van der Waals surface area contributed by atoms with Crippen molar-refractivity contribution in [3.63, 3.8) is 0 Å². The van der Waals surface area contributed by atoms with Crippen LogP contribution in [0.4, 0.5) is 5.95 Å². The van der Waals surface area contributed by atoms with Gasteiger partial charge in [-0.25, -0.2) is 9.97 Å². The standard InChI is InChI=1S/C9H13N3O2/c1-5-7(3-4-8(13)14)6(2)12-9(10)11-5/h3-4H2,1-2H3,(H,13,14)(H2,10,11,12). The molecule has 0 aromatic carbocycles. The third kappa shape index (κ3) is 2.42. The molecule has 0 bridgehead atoms. The lowest BCUT2D eigenvalue weighted by atomic mass is 10.1. The van der Waals surface area contributed by atoms with Gasteiger partial charge in [-0.3, -0.25) is 4.79 Å². The molecule has 5 heteroatoms. The molecule has 0 unspecified atom stereocenters. The summed E-state index contributed by atoms with van der Waals surface area (Å²) in [6, 6.07) is 0. The van der Waals surface area contributed by atoms with E-state index in [0.717, 1.165) is 17.0 Å². The number of aliphatic carboxylic acids is 1. The van der Waals surface area contributed by atoms with E-state index in [1.54, 1.807) is 0 Å². The number of hydrogen-bond acceptors (Lipinski definition) is 4. The van der Waals surface area contributed by atoms with Gasteiger partial charge >= 0.3 is 5.97 Å². The minimum atomic E-state index is -0.819. The topological polar surface area (TPSA) is 89.1 Å². The summed E-state index contributed by atoms with van der Waals surface area (Å²) in [6.45, 7) is 3.62. The van der Waals surface area contributed by atoms with E-state index >= 15 is 0 Å². The Labute approximate surface area is 82.0 Å². The number of carboxylic acids is 1. The molecule has 0 aliphatic heterocycles. The summed E-state index contributed by atoms with van der Waals surface area (Å²) < 4.78 is 0. The Hall–Kier alpha value is -1.65. The van der Waals surface area contributed by atoms with E-state index in [0.29, 0.717) is 6.42 Å². The quantitative estimate of drug-likeness (QED) is 0.740. The number of aromatic nitrogens is 2. The molecule has 1 heterocycles. The van der Waals surface area contributed by atoms with E-state index in [1.807, 2.05) is 13.8 Å². The monoisotopic (exact) mass is 195 g/mol. The molecule has 0 aliphatic carbocycles. The van der Waals surface area contributed by atoms with Crippen LogP contribution in [0.3, 0.4) is 0 Å². The minimum absolute atomic E-state index is 0.0922. The van der Waals surface area contributed by atoms with Crippen molar-refractivity contribution in [1.82, 2.24) is 9.97 Å². The van der Waals surface area contributed by atoms with Gasteiger partial charge in [0.25, 0.3) is 0 Å². The van der Waals surface area contributed by atoms with Crippen molar-refractivity contribution in [2.24, 2.45) is 0 Å².